The minimum absolute atomic E-state index is 0.258. The number of ketones is 1. The highest BCUT2D eigenvalue weighted by atomic mass is 16.1. The van der Waals surface area contributed by atoms with E-state index in [0.29, 0.717) is 12.3 Å². The molecule has 1 heterocycles. The summed E-state index contributed by atoms with van der Waals surface area (Å²) in [7, 11) is 0. The van der Waals surface area contributed by atoms with Crippen LogP contribution in [-0.4, -0.2) is 43.4 Å². The Labute approximate surface area is 116 Å². The maximum absolute atomic E-state index is 12.1. The van der Waals surface area contributed by atoms with E-state index in [1.165, 1.54) is 5.56 Å². The highest BCUT2D eigenvalue weighted by Crippen LogP contribution is 2.15. The van der Waals surface area contributed by atoms with Gasteiger partial charge in [0.25, 0.3) is 0 Å². The summed E-state index contributed by atoms with van der Waals surface area (Å²) in [4.78, 5) is 14.5. The molecular formula is C16H24N2O. The molecule has 3 heteroatoms. The molecule has 19 heavy (non-hydrogen) atoms. The lowest BCUT2D eigenvalue weighted by Crippen LogP contribution is -2.44. The van der Waals surface area contributed by atoms with Crippen LogP contribution in [0.25, 0.3) is 0 Å². The molecule has 0 unspecified atom stereocenters. The summed E-state index contributed by atoms with van der Waals surface area (Å²) in [6.07, 6.45) is 0.626. The summed E-state index contributed by atoms with van der Waals surface area (Å²) in [6.45, 7) is 9.41. The number of carbonyl (C=O) groups excluding carboxylic acids is 1. The van der Waals surface area contributed by atoms with Gasteiger partial charge in [0.2, 0.25) is 0 Å². The molecule has 0 atom stereocenters. The van der Waals surface area contributed by atoms with Crippen LogP contribution in [0.2, 0.25) is 0 Å². The van der Waals surface area contributed by atoms with E-state index in [4.69, 9.17) is 0 Å². The Balaban J connectivity index is 1.85. The van der Waals surface area contributed by atoms with Crippen molar-refractivity contribution >= 4 is 5.78 Å². The third kappa shape index (κ3) is 4.15. The van der Waals surface area contributed by atoms with Gasteiger partial charge in [0.15, 0.2) is 5.78 Å². The number of hydrogen-bond donors (Lipinski definition) is 1. The third-order valence-electron chi connectivity index (χ3n) is 3.76. The molecule has 1 fully saturated rings. The van der Waals surface area contributed by atoms with E-state index < -0.39 is 0 Å². The zero-order valence-corrected chi connectivity index (χ0v) is 12.0. The van der Waals surface area contributed by atoms with Crippen LogP contribution >= 0.6 is 0 Å². The molecule has 0 aliphatic carbocycles. The van der Waals surface area contributed by atoms with Crippen molar-refractivity contribution in [2.45, 2.75) is 26.2 Å². The van der Waals surface area contributed by atoms with Gasteiger partial charge >= 0.3 is 0 Å². The average molecular weight is 260 g/mol. The first-order chi connectivity index (χ1) is 9.16. The molecule has 0 amide bonds. The summed E-state index contributed by atoms with van der Waals surface area (Å²) < 4.78 is 0. The molecule has 0 bridgehead atoms. The van der Waals surface area contributed by atoms with Gasteiger partial charge in [0, 0.05) is 44.7 Å². The predicted molar refractivity (Wildman–Crippen MR) is 78.8 cm³/mol. The lowest BCUT2D eigenvalue weighted by molar-refractivity contribution is 0.0960. The Morgan fingerprint density at radius 1 is 1.21 bits per heavy atom. The number of nitrogens with one attached hydrogen (secondary N) is 1. The molecule has 1 N–H and O–H groups in total. The number of carbonyl (C=O) groups is 1. The molecule has 104 valence electrons. The Hall–Kier alpha value is -1.19. The summed E-state index contributed by atoms with van der Waals surface area (Å²) in [5, 5.41) is 3.32. The van der Waals surface area contributed by atoms with E-state index >= 15 is 0 Å². The predicted octanol–water partition coefficient (Wildman–Crippen LogP) is 2.29. The molecule has 1 aliphatic heterocycles. The standard InChI is InChI=1S/C16H24N2O/c1-13(2)14-3-5-15(6-4-14)16(19)7-10-18-11-8-17-9-12-18/h3-6,13,17H,7-12H2,1-2H3. The minimum atomic E-state index is 0.258. The van der Waals surface area contributed by atoms with Gasteiger partial charge in [-0.2, -0.15) is 0 Å². The van der Waals surface area contributed by atoms with Crippen LogP contribution in [0, 0.1) is 0 Å². The Morgan fingerprint density at radius 3 is 2.42 bits per heavy atom. The fourth-order valence-electron chi connectivity index (χ4n) is 2.39. The zero-order valence-electron chi connectivity index (χ0n) is 12.0. The summed E-state index contributed by atoms with van der Waals surface area (Å²) >= 11 is 0. The maximum atomic E-state index is 12.1. The van der Waals surface area contributed by atoms with E-state index in [9.17, 15) is 4.79 Å². The highest BCUT2D eigenvalue weighted by molar-refractivity contribution is 5.96. The third-order valence-corrected chi connectivity index (χ3v) is 3.76. The molecule has 1 aromatic carbocycles. The van der Waals surface area contributed by atoms with Crippen molar-refractivity contribution in [3.8, 4) is 0 Å². The van der Waals surface area contributed by atoms with Crippen LogP contribution < -0.4 is 5.32 Å². The minimum Gasteiger partial charge on any atom is -0.314 e. The van der Waals surface area contributed by atoms with Crippen LogP contribution in [-0.2, 0) is 0 Å². The second-order valence-electron chi connectivity index (χ2n) is 5.54. The van der Waals surface area contributed by atoms with E-state index in [0.717, 1.165) is 38.3 Å². The van der Waals surface area contributed by atoms with Crippen LogP contribution in [0.3, 0.4) is 0 Å². The second kappa shape index (κ2) is 6.83. The molecule has 0 aromatic heterocycles. The van der Waals surface area contributed by atoms with Gasteiger partial charge in [-0.3, -0.25) is 4.79 Å². The van der Waals surface area contributed by atoms with Gasteiger partial charge in [-0.1, -0.05) is 38.1 Å². The molecule has 1 aliphatic rings. The van der Waals surface area contributed by atoms with E-state index in [1.807, 2.05) is 12.1 Å². The summed E-state index contributed by atoms with van der Waals surface area (Å²) in [5.41, 5.74) is 2.14. The highest BCUT2D eigenvalue weighted by Gasteiger charge is 2.12. The maximum Gasteiger partial charge on any atom is 0.164 e. The monoisotopic (exact) mass is 260 g/mol. The van der Waals surface area contributed by atoms with Crippen LogP contribution in [0.5, 0.6) is 0 Å². The van der Waals surface area contributed by atoms with Crippen molar-refractivity contribution in [2.75, 3.05) is 32.7 Å². The normalized spacial score (nSPS) is 16.8. The van der Waals surface area contributed by atoms with Crippen molar-refractivity contribution in [1.29, 1.82) is 0 Å². The number of nitrogens with zero attached hydrogens (tertiary/aromatic N) is 1. The topological polar surface area (TPSA) is 32.3 Å². The van der Waals surface area contributed by atoms with Crippen molar-refractivity contribution in [3.05, 3.63) is 35.4 Å². The Morgan fingerprint density at radius 2 is 1.84 bits per heavy atom. The second-order valence-corrected chi connectivity index (χ2v) is 5.54. The van der Waals surface area contributed by atoms with Crippen molar-refractivity contribution in [1.82, 2.24) is 10.2 Å². The van der Waals surface area contributed by atoms with Gasteiger partial charge in [0.1, 0.15) is 0 Å². The first kappa shape index (κ1) is 14.2. The molecule has 0 saturated carbocycles. The lowest BCUT2D eigenvalue weighted by Gasteiger charge is -2.26. The fraction of sp³-hybridized carbons (Fsp3) is 0.562. The van der Waals surface area contributed by atoms with E-state index in [2.05, 4.69) is 36.2 Å². The number of hydrogen-bond acceptors (Lipinski definition) is 3. The lowest BCUT2D eigenvalue weighted by atomic mass is 10.00. The van der Waals surface area contributed by atoms with Crippen molar-refractivity contribution < 1.29 is 4.79 Å². The van der Waals surface area contributed by atoms with Crippen molar-refractivity contribution in [3.63, 3.8) is 0 Å². The number of benzene rings is 1. The molecule has 0 radical (unpaired) electrons. The summed E-state index contributed by atoms with van der Waals surface area (Å²) in [5.74, 6) is 0.777. The van der Waals surface area contributed by atoms with E-state index in [-0.39, 0.29) is 5.78 Å². The van der Waals surface area contributed by atoms with Gasteiger partial charge in [-0.05, 0) is 11.5 Å². The van der Waals surface area contributed by atoms with Gasteiger partial charge in [-0.15, -0.1) is 0 Å². The van der Waals surface area contributed by atoms with Crippen LogP contribution in [0.15, 0.2) is 24.3 Å². The SMILES string of the molecule is CC(C)c1ccc(C(=O)CCN2CCNCC2)cc1. The number of rotatable bonds is 5. The first-order valence-corrected chi connectivity index (χ1v) is 7.23. The van der Waals surface area contributed by atoms with Gasteiger partial charge in [0.05, 0.1) is 0 Å². The van der Waals surface area contributed by atoms with Crippen LogP contribution in [0.1, 0.15) is 42.1 Å². The Kier molecular flexibility index (Phi) is 5.11. The molecule has 1 aromatic rings. The summed E-state index contributed by atoms with van der Waals surface area (Å²) in [6, 6.07) is 8.08. The molecular weight excluding hydrogens is 236 g/mol. The molecule has 1 saturated heterocycles. The number of Topliss-reactive ketones (excluding diaryl/α,β-unsaturated/α-hetero) is 1. The largest absolute Gasteiger partial charge is 0.314 e. The van der Waals surface area contributed by atoms with Gasteiger partial charge < -0.3 is 10.2 Å². The molecule has 3 nitrogen and oxygen atoms in total. The fourth-order valence-corrected chi connectivity index (χ4v) is 2.39. The first-order valence-electron chi connectivity index (χ1n) is 7.23. The average Bonchev–Trinajstić information content (AvgIpc) is 2.46. The van der Waals surface area contributed by atoms with E-state index in [1.54, 1.807) is 0 Å². The molecule has 0 spiro atoms. The zero-order chi connectivity index (χ0) is 13.7. The smallest absolute Gasteiger partial charge is 0.164 e. The van der Waals surface area contributed by atoms with Crippen LogP contribution in [0.4, 0.5) is 0 Å². The van der Waals surface area contributed by atoms with Gasteiger partial charge in [-0.25, -0.2) is 0 Å². The quantitative estimate of drug-likeness (QED) is 0.824. The Bertz CT molecular complexity index is 405. The molecule has 2 rings (SSSR count). The van der Waals surface area contributed by atoms with Crippen molar-refractivity contribution in [2.24, 2.45) is 0 Å². The number of piperazine rings is 1.